The highest BCUT2D eigenvalue weighted by atomic mass is 79.9. The summed E-state index contributed by atoms with van der Waals surface area (Å²) in [5, 5.41) is 6.29. The summed E-state index contributed by atoms with van der Waals surface area (Å²) in [6, 6.07) is 8.01. The molecule has 0 saturated heterocycles. The number of halogens is 1. The summed E-state index contributed by atoms with van der Waals surface area (Å²) < 4.78 is 11.0. The summed E-state index contributed by atoms with van der Waals surface area (Å²) in [4.78, 5) is 30.4. The number of carbonyl (C=O) groups is 1. The van der Waals surface area contributed by atoms with Gasteiger partial charge in [-0.15, -0.1) is 0 Å². The molecule has 1 aromatic carbocycles. The molecule has 3 rings (SSSR count). The van der Waals surface area contributed by atoms with Gasteiger partial charge in [-0.25, -0.2) is 0 Å². The number of carbonyl (C=O) groups excluding carboxylic acids is 1. The molecule has 0 spiro atoms. The minimum Gasteiger partial charge on any atom is -0.485 e. The molecule has 2 N–H and O–H groups in total. The minimum atomic E-state index is -0.399. The SMILES string of the molecule is Cc1nc(COc2ccc(C(=O)Nc3cc(Br)c[nH]c3=O)cc2)no1. The highest BCUT2D eigenvalue weighted by molar-refractivity contribution is 9.10. The molecular weight excluding hydrogens is 392 g/mol. The van der Waals surface area contributed by atoms with E-state index in [1.54, 1.807) is 31.2 Å². The van der Waals surface area contributed by atoms with E-state index in [1.165, 1.54) is 12.3 Å². The number of anilines is 1. The van der Waals surface area contributed by atoms with Gasteiger partial charge >= 0.3 is 0 Å². The van der Waals surface area contributed by atoms with Crippen LogP contribution >= 0.6 is 15.9 Å². The van der Waals surface area contributed by atoms with Crippen molar-refractivity contribution in [2.24, 2.45) is 0 Å². The number of pyridine rings is 1. The summed E-state index contributed by atoms with van der Waals surface area (Å²) >= 11 is 3.24. The Kier molecular flexibility index (Phi) is 4.94. The molecule has 25 heavy (non-hydrogen) atoms. The molecule has 2 heterocycles. The lowest BCUT2D eigenvalue weighted by Crippen LogP contribution is -2.19. The summed E-state index contributed by atoms with van der Waals surface area (Å²) in [5.74, 6) is 1.06. The number of aromatic nitrogens is 3. The molecule has 0 radical (unpaired) electrons. The third-order valence-electron chi connectivity index (χ3n) is 3.17. The van der Waals surface area contributed by atoms with Crippen molar-refractivity contribution in [3.05, 3.63) is 68.6 Å². The average Bonchev–Trinajstić information content (AvgIpc) is 3.02. The first kappa shape index (κ1) is 16.9. The second-order valence-electron chi connectivity index (χ2n) is 5.06. The van der Waals surface area contributed by atoms with Crippen molar-refractivity contribution in [2.75, 3.05) is 5.32 Å². The minimum absolute atomic E-state index is 0.159. The Bertz CT molecular complexity index is 949. The predicted octanol–water partition coefficient (Wildman–Crippen LogP) is 2.66. The van der Waals surface area contributed by atoms with E-state index in [9.17, 15) is 9.59 Å². The topological polar surface area (TPSA) is 110 Å². The van der Waals surface area contributed by atoms with Gasteiger partial charge < -0.3 is 19.6 Å². The first-order valence-electron chi connectivity index (χ1n) is 7.23. The van der Waals surface area contributed by atoms with Crippen LogP contribution in [0.2, 0.25) is 0 Å². The molecule has 0 unspecified atom stereocenters. The lowest BCUT2D eigenvalue weighted by atomic mass is 10.2. The quantitative estimate of drug-likeness (QED) is 0.676. The number of ether oxygens (including phenoxy) is 1. The normalized spacial score (nSPS) is 10.5. The molecule has 0 bridgehead atoms. The Hall–Kier alpha value is -2.94. The molecule has 0 aliphatic carbocycles. The lowest BCUT2D eigenvalue weighted by molar-refractivity contribution is 0.102. The van der Waals surface area contributed by atoms with Crippen LogP contribution in [0.1, 0.15) is 22.1 Å². The largest absolute Gasteiger partial charge is 0.485 e. The molecule has 128 valence electrons. The summed E-state index contributed by atoms with van der Waals surface area (Å²) in [6.45, 7) is 1.86. The number of benzene rings is 1. The Morgan fingerprint density at radius 1 is 1.36 bits per heavy atom. The number of H-pyrrole nitrogens is 1. The maximum absolute atomic E-state index is 12.2. The number of aryl methyl sites for hydroxylation is 1. The van der Waals surface area contributed by atoms with Gasteiger partial charge in [0.2, 0.25) is 11.7 Å². The van der Waals surface area contributed by atoms with Crippen molar-refractivity contribution >= 4 is 27.5 Å². The average molecular weight is 405 g/mol. The Morgan fingerprint density at radius 2 is 2.12 bits per heavy atom. The molecule has 0 fully saturated rings. The van der Waals surface area contributed by atoms with Gasteiger partial charge in [0.15, 0.2) is 6.61 Å². The Balaban J connectivity index is 1.64. The highest BCUT2D eigenvalue weighted by Crippen LogP contribution is 2.15. The van der Waals surface area contributed by atoms with E-state index >= 15 is 0 Å². The summed E-state index contributed by atoms with van der Waals surface area (Å²) in [7, 11) is 0. The molecule has 8 nitrogen and oxygen atoms in total. The second-order valence-corrected chi connectivity index (χ2v) is 5.97. The number of aromatic amines is 1. The van der Waals surface area contributed by atoms with Crippen molar-refractivity contribution in [1.29, 1.82) is 0 Å². The number of hydrogen-bond acceptors (Lipinski definition) is 6. The first-order valence-corrected chi connectivity index (χ1v) is 8.02. The highest BCUT2D eigenvalue weighted by Gasteiger charge is 2.10. The number of amides is 1. The zero-order valence-electron chi connectivity index (χ0n) is 13.1. The number of hydrogen-bond donors (Lipinski definition) is 2. The molecule has 3 aromatic rings. The molecule has 0 saturated carbocycles. The third kappa shape index (κ3) is 4.32. The fourth-order valence-electron chi connectivity index (χ4n) is 2.00. The maximum Gasteiger partial charge on any atom is 0.271 e. The Morgan fingerprint density at radius 3 is 2.80 bits per heavy atom. The zero-order valence-corrected chi connectivity index (χ0v) is 14.7. The smallest absolute Gasteiger partial charge is 0.271 e. The number of nitrogens with zero attached hydrogens (tertiary/aromatic N) is 2. The number of nitrogens with one attached hydrogen (secondary N) is 2. The summed E-state index contributed by atoms with van der Waals surface area (Å²) in [6.07, 6.45) is 1.50. The molecule has 9 heteroatoms. The van der Waals surface area contributed by atoms with Crippen molar-refractivity contribution in [3.8, 4) is 5.75 Å². The van der Waals surface area contributed by atoms with E-state index in [1.807, 2.05) is 0 Å². The van der Waals surface area contributed by atoms with Gasteiger partial charge in [0.1, 0.15) is 11.4 Å². The van der Waals surface area contributed by atoms with Gasteiger partial charge in [-0.05, 0) is 46.3 Å². The lowest BCUT2D eigenvalue weighted by Gasteiger charge is -2.07. The van der Waals surface area contributed by atoms with E-state index in [0.717, 1.165) is 0 Å². The van der Waals surface area contributed by atoms with Gasteiger partial charge in [0.25, 0.3) is 11.5 Å². The van der Waals surface area contributed by atoms with Crippen LogP contribution < -0.4 is 15.6 Å². The van der Waals surface area contributed by atoms with Crippen molar-refractivity contribution < 1.29 is 14.1 Å². The van der Waals surface area contributed by atoms with Crippen LogP contribution in [-0.2, 0) is 6.61 Å². The van der Waals surface area contributed by atoms with Gasteiger partial charge in [-0.1, -0.05) is 5.16 Å². The second kappa shape index (κ2) is 7.31. The van der Waals surface area contributed by atoms with Crippen LogP contribution in [0.5, 0.6) is 5.75 Å². The van der Waals surface area contributed by atoms with E-state index in [2.05, 4.69) is 36.4 Å². The van der Waals surface area contributed by atoms with Crippen molar-refractivity contribution in [3.63, 3.8) is 0 Å². The number of rotatable bonds is 5. The predicted molar refractivity (Wildman–Crippen MR) is 92.5 cm³/mol. The molecule has 0 atom stereocenters. The fourth-order valence-corrected chi connectivity index (χ4v) is 2.34. The van der Waals surface area contributed by atoms with Crippen LogP contribution in [0.3, 0.4) is 0 Å². The summed E-state index contributed by atoms with van der Waals surface area (Å²) in [5.41, 5.74) is 0.168. The van der Waals surface area contributed by atoms with Crippen LogP contribution in [0.4, 0.5) is 5.69 Å². The van der Waals surface area contributed by atoms with Crippen LogP contribution in [-0.4, -0.2) is 21.0 Å². The fraction of sp³-hybridized carbons (Fsp3) is 0.125. The monoisotopic (exact) mass is 404 g/mol. The van der Waals surface area contributed by atoms with Crippen molar-refractivity contribution in [2.45, 2.75) is 13.5 Å². The molecule has 0 aliphatic heterocycles. The van der Waals surface area contributed by atoms with Crippen LogP contribution in [0.25, 0.3) is 0 Å². The Labute approximate surface area is 150 Å². The standard InChI is InChI=1S/C16H13BrN4O4/c1-9-19-14(21-25-9)8-24-12-4-2-10(3-5-12)15(22)20-13-6-11(17)7-18-16(13)23/h2-7H,8H2,1H3,(H,18,23)(H,20,22). The molecule has 1 amide bonds. The van der Waals surface area contributed by atoms with Gasteiger partial charge in [0, 0.05) is 23.2 Å². The van der Waals surface area contributed by atoms with E-state index in [0.29, 0.717) is 27.5 Å². The van der Waals surface area contributed by atoms with E-state index in [4.69, 9.17) is 9.26 Å². The van der Waals surface area contributed by atoms with Crippen LogP contribution in [0, 0.1) is 6.92 Å². The van der Waals surface area contributed by atoms with E-state index < -0.39 is 5.91 Å². The van der Waals surface area contributed by atoms with Gasteiger partial charge in [0.05, 0.1) is 0 Å². The van der Waals surface area contributed by atoms with E-state index in [-0.39, 0.29) is 17.9 Å². The van der Waals surface area contributed by atoms with Gasteiger partial charge in [-0.3, -0.25) is 9.59 Å². The zero-order chi connectivity index (χ0) is 17.8. The molecule has 2 aromatic heterocycles. The third-order valence-corrected chi connectivity index (χ3v) is 3.63. The molecule has 0 aliphatic rings. The van der Waals surface area contributed by atoms with Crippen molar-refractivity contribution in [1.82, 2.24) is 15.1 Å². The molecular formula is C16H13BrN4O4. The van der Waals surface area contributed by atoms with Gasteiger partial charge in [-0.2, -0.15) is 4.98 Å². The maximum atomic E-state index is 12.2. The first-order chi connectivity index (χ1) is 12.0. The van der Waals surface area contributed by atoms with Crippen LogP contribution in [0.15, 0.2) is 50.3 Å².